The summed E-state index contributed by atoms with van der Waals surface area (Å²) < 4.78 is 16.4. The van der Waals surface area contributed by atoms with Gasteiger partial charge in [-0.25, -0.2) is 0 Å². The van der Waals surface area contributed by atoms with Crippen LogP contribution in [0, 0.1) is 0 Å². The molecule has 0 unspecified atom stereocenters. The van der Waals surface area contributed by atoms with E-state index in [9.17, 15) is 4.79 Å². The highest BCUT2D eigenvalue weighted by atomic mass is 35.5. The molecule has 28 heavy (non-hydrogen) atoms. The lowest BCUT2D eigenvalue weighted by Gasteiger charge is -2.30. The lowest BCUT2D eigenvalue weighted by molar-refractivity contribution is 0.102. The summed E-state index contributed by atoms with van der Waals surface area (Å²) in [6.45, 7) is 5.46. The molecule has 2 aromatic carbocycles. The number of halogens is 1. The van der Waals surface area contributed by atoms with E-state index in [1.807, 2.05) is 31.2 Å². The zero-order chi connectivity index (χ0) is 19.9. The van der Waals surface area contributed by atoms with Crippen LogP contribution in [0.25, 0.3) is 0 Å². The molecule has 3 rings (SSSR count). The second-order valence-electron chi connectivity index (χ2n) is 6.41. The summed E-state index contributed by atoms with van der Waals surface area (Å²) >= 11 is 6.34. The Balaban J connectivity index is 1.83. The average molecular weight is 405 g/mol. The minimum atomic E-state index is -0.261. The first kappa shape index (κ1) is 20.3. The fourth-order valence-electron chi connectivity index (χ4n) is 3.05. The summed E-state index contributed by atoms with van der Waals surface area (Å²) in [5.74, 6) is 0.631. The van der Waals surface area contributed by atoms with Gasteiger partial charge in [0.2, 0.25) is 0 Å². The largest absolute Gasteiger partial charge is 0.493 e. The molecule has 0 aromatic heterocycles. The molecule has 0 spiro atoms. The molecule has 0 aliphatic carbocycles. The van der Waals surface area contributed by atoms with E-state index in [0.29, 0.717) is 41.9 Å². The third-order valence-corrected chi connectivity index (χ3v) is 4.73. The molecule has 1 saturated heterocycles. The van der Waals surface area contributed by atoms with Gasteiger partial charge in [-0.3, -0.25) is 4.79 Å². The summed E-state index contributed by atoms with van der Waals surface area (Å²) in [6.07, 6.45) is 0.847. The number of nitrogens with one attached hydrogen (secondary N) is 1. The van der Waals surface area contributed by atoms with Crippen LogP contribution in [0.15, 0.2) is 36.4 Å². The number of morpholine rings is 1. The Labute approximate surface area is 170 Å². The number of ether oxygens (including phenoxy) is 3. The van der Waals surface area contributed by atoms with E-state index in [1.165, 1.54) is 7.11 Å². The van der Waals surface area contributed by atoms with Crippen LogP contribution in [0.5, 0.6) is 11.5 Å². The van der Waals surface area contributed by atoms with Crippen molar-refractivity contribution in [2.45, 2.75) is 13.3 Å². The zero-order valence-corrected chi connectivity index (χ0v) is 16.9. The smallest absolute Gasteiger partial charge is 0.255 e. The Morgan fingerprint density at radius 2 is 2.00 bits per heavy atom. The van der Waals surface area contributed by atoms with Gasteiger partial charge in [0.05, 0.1) is 43.3 Å². The molecule has 1 aliphatic rings. The van der Waals surface area contributed by atoms with Crippen molar-refractivity contribution in [1.82, 2.24) is 0 Å². The van der Waals surface area contributed by atoms with Crippen molar-refractivity contribution in [2.24, 2.45) is 0 Å². The number of carbonyl (C=O) groups excluding carboxylic acids is 1. The number of amides is 1. The highest BCUT2D eigenvalue weighted by molar-refractivity contribution is 6.32. The number of anilines is 2. The van der Waals surface area contributed by atoms with Gasteiger partial charge in [0.25, 0.3) is 5.91 Å². The summed E-state index contributed by atoms with van der Waals surface area (Å²) in [7, 11) is 1.53. The number of hydrogen-bond donors (Lipinski definition) is 1. The Morgan fingerprint density at radius 3 is 2.71 bits per heavy atom. The normalized spacial score (nSPS) is 13.9. The maximum absolute atomic E-state index is 12.9. The van der Waals surface area contributed by atoms with Crippen molar-refractivity contribution >= 4 is 28.9 Å². The monoisotopic (exact) mass is 404 g/mol. The van der Waals surface area contributed by atoms with Gasteiger partial charge in [-0.05, 0) is 30.7 Å². The molecule has 6 nitrogen and oxygen atoms in total. The Hall–Kier alpha value is -2.44. The van der Waals surface area contributed by atoms with Crippen molar-refractivity contribution in [3.05, 3.63) is 47.0 Å². The second-order valence-corrected chi connectivity index (χ2v) is 6.82. The third-order valence-electron chi connectivity index (χ3n) is 4.45. The molecule has 1 N–H and O–H groups in total. The van der Waals surface area contributed by atoms with Crippen molar-refractivity contribution in [1.29, 1.82) is 0 Å². The molecule has 1 amide bonds. The van der Waals surface area contributed by atoms with Gasteiger partial charge in [0.1, 0.15) is 0 Å². The number of methoxy groups -OCH3 is 1. The molecule has 1 heterocycles. The fraction of sp³-hybridized carbons (Fsp3) is 0.381. The number of nitrogens with zero attached hydrogens (tertiary/aromatic N) is 1. The molecule has 1 aliphatic heterocycles. The molecular formula is C21H25ClN2O4. The van der Waals surface area contributed by atoms with E-state index < -0.39 is 0 Å². The summed E-state index contributed by atoms with van der Waals surface area (Å²) in [4.78, 5) is 15.1. The van der Waals surface area contributed by atoms with Crippen LogP contribution in [0.3, 0.4) is 0 Å². The Bertz CT molecular complexity index is 822. The van der Waals surface area contributed by atoms with Gasteiger partial charge in [-0.1, -0.05) is 30.7 Å². The van der Waals surface area contributed by atoms with Gasteiger partial charge >= 0.3 is 0 Å². The highest BCUT2D eigenvalue weighted by Crippen LogP contribution is 2.37. The standard InChI is InChI=1S/C21H25ClN2O4/c1-3-10-28-20-16(22)13-15(14-19(20)26-2)21(25)23-17-6-4-5-7-18(17)24-8-11-27-12-9-24/h4-7,13-14H,3,8-12H2,1-2H3,(H,23,25). The molecule has 0 radical (unpaired) electrons. The topological polar surface area (TPSA) is 60.0 Å². The quantitative estimate of drug-likeness (QED) is 0.748. The SMILES string of the molecule is CCCOc1c(Cl)cc(C(=O)Nc2ccccc2N2CCOCC2)cc1OC. The third kappa shape index (κ3) is 4.69. The predicted molar refractivity (Wildman–Crippen MR) is 111 cm³/mol. The number of para-hydroxylation sites is 2. The van der Waals surface area contributed by atoms with Gasteiger partial charge in [0, 0.05) is 18.7 Å². The Morgan fingerprint density at radius 1 is 1.25 bits per heavy atom. The van der Waals surface area contributed by atoms with E-state index in [2.05, 4.69) is 10.2 Å². The van der Waals surface area contributed by atoms with Gasteiger partial charge in [0.15, 0.2) is 11.5 Å². The first-order valence-electron chi connectivity index (χ1n) is 9.37. The van der Waals surface area contributed by atoms with Crippen LogP contribution in [0.1, 0.15) is 23.7 Å². The summed E-state index contributed by atoms with van der Waals surface area (Å²) in [5.41, 5.74) is 2.12. The van der Waals surface area contributed by atoms with E-state index in [4.69, 9.17) is 25.8 Å². The second kappa shape index (κ2) is 9.66. The first-order chi connectivity index (χ1) is 13.6. The fourth-order valence-corrected chi connectivity index (χ4v) is 3.31. The number of carbonyl (C=O) groups is 1. The molecule has 7 heteroatoms. The van der Waals surface area contributed by atoms with Crippen molar-refractivity contribution < 1.29 is 19.0 Å². The number of benzene rings is 2. The number of hydrogen-bond acceptors (Lipinski definition) is 5. The molecule has 0 atom stereocenters. The maximum Gasteiger partial charge on any atom is 0.255 e. The van der Waals surface area contributed by atoms with E-state index in [-0.39, 0.29) is 5.91 Å². The van der Waals surface area contributed by atoms with Crippen LogP contribution < -0.4 is 19.7 Å². The van der Waals surface area contributed by atoms with Crippen molar-refractivity contribution in [2.75, 3.05) is 50.2 Å². The highest BCUT2D eigenvalue weighted by Gasteiger charge is 2.19. The molecule has 2 aromatic rings. The van der Waals surface area contributed by atoms with Gasteiger partial charge in [-0.2, -0.15) is 0 Å². The van der Waals surface area contributed by atoms with Crippen molar-refractivity contribution in [3.63, 3.8) is 0 Å². The minimum absolute atomic E-state index is 0.261. The summed E-state index contributed by atoms with van der Waals surface area (Å²) in [5, 5.41) is 3.34. The van der Waals surface area contributed by atoms with E-state index >= 15 is 0 Å². The van der Waals surface area contributed by atoms with Crippen LogP contribution in [-0.4, -0.2) is 45.9 Å². The first-order valence-corrected chi connectivity index (χ1v) is 9.75. The molecule has 150 valence electrons. The molecule has 0 bridgehead atoms. The van der Waals surface area contributed by atoms with Crippen LogP contribution >= 0.6 is 11.6 Å². The lowest BCUT2D eigenvalue weighted by Crippen LogP contribution is -2.36. The van der Waals surface area contributed by atoms with Crippen LogP contribution in [0.2, 0.25) is 5.02 Å². The van der Waals surface area contributed by atoms with Crippen LogP contribution in [0.4, 0.5) is 11.4 Å². The summed E-state index contributed by atoms with van der Waals surface area (Å²) in [6, 6.07) is 11.0. The Kier molecular flexibility index (Phi) is 7.01. The molecular weight excluding hydrogens is 380 g/mol. The lowest BCUT2D eigenvalue weighted by atomic mass is 10.1. The van der Waals surface area contributed by atoms with E-state index in [0.717, 1.165) is 30.9 Å². The zero-order valence-electron chi connectivity index (χ0n) is 16.2. The minimum Gasteiger partial charge on any atom is -0.493 e. The average Bonchev–Trinajstić information content (AvgIpc) is 2.73. The predicted octanol–water partition coefficient (Wildman–Crippen LogP) is 4.23. The van der Waals surface area contributed by atoms with Gasteiger partial charge in [-0.15, -0.1) is 0 Å². The van der Waals surface area contributed by atoms with Crippen LogP contribution in [-0.2, 0) is 4.74 Å². The maximum atomic E-state index is 12.9. The van der Waals surface area contributed by atoms with Crippen molar-refractivity contribution in [3.8, 4) is 11.5 Å². The molecule has 1 fully saturated rings. The van der Waals surface area contributed by atoms with Gasteiger partial charge < -0.3 is 24.4 Å². The molecule has 0 saturated carbocycles. The number of rotatable bonds is 7. The van der Waals surface area contributed by atoms with E-state index in [1.54, 1.807) is 12.1 Å².